The van der Waals surface area contributed by atoms with Crippen molar-refractivity contribution in [3.8, 4) is 27.9 Å². The molecule has 3 heterocycles. The van der Waals surface area contributed by atoms with E-state index in [4.69, 9.17) is 8.83 Å². The number of furan rings is 2. The van der Waals surface area contributed by atoms with Crippen LogP contribution in [0.3, 0.4) is 0 Å². The second-order valence-corrected chi connectivity index (χ2v) is 16.0. The molecule has 0 atom stereocenters. The van der Waals surface area contributed by atoms with E-state index in [1.165, 1.54) is 21.8 Å². The molecule has 0 amide bonds. The molecule has 10 aromatic carbocycles. The molecule has 0 aliphatic rings. The van der Waals surface area contributed by atoms with Crippen molar-refractivity contribution >= 4 is 93.5 Å². The molecule has 0 saturated carbocycles. The average molecular weight is 793 g/mol. The average Bonchev–Trinajstić information content (AvgIpc) is 4.02. The normalized spacial score (nSPS) is 11.9. The van der Waals surface area contributed by atoms with Crippen molar-refractivity contribution in [2.24, 2.45) is 0 Å². The number of fused-ring (bicyclic) bond motifs is 11. The van der Waals surface area contributed by atoms with Gasteiger partial charge in [0.1, 0.15) is 22.3 Å². The van der Waals surface area contributed by atoms with Crippen LogP contribution in [0, 0.1) is 0 Å². The molecule has 0 spiro atoms. The highest BCUT2D eigenvalue weighted by Gasteiger charge is 2.22. The van der Waals surface area contributed by atoms with Crippen LogP contribution in [0.4, 0.5) is 17.1 Å². The van der Waals surface area contributed by atoms with Gasteiger partial charge in [0.15, 0.2) is 0 Å². The molecule has 13 aromatic rings. The van der Waals surface area contributed by atoms with E-state index in [1.54, 1.807) is 0 Å². The van der Waals surface area contributed by atoms with Gasteiger partial charge in [-0.3, -0.25) is 0 Å². The SMILES string of the molecule is c1ccc(N(c2ccc(-c3ccc4oc5ccccc5c4c3)cc2)c2ccc(-n3c4ccccc4c4ccccc43)cc2)c(-c2cccc3c2oc2c4ccccc4ccc32)c1. The van der Waals surface area contributed by atoms with Gasteiger partial charge in [0, 0.05) is 65.9 Å². The summed E-state index contributed by atoms with van der Waals surface area (Å²) in [6.45, 7) is 0. The zero-order chi connectivity index (χ0) is 40.7. The van der Waals surface area contributed by atoms with Crippen molar-refractivity contribution in [2.75, 3.05) is 4.90 Å². The molecule has 0 aliphatic heterocycles. The van der Waals surface area contributed by atoms with Gasteiger partial charge in [0.25, 0.3) is 0 Å². The Balaban J connectivity index is 0.981. The van der Waals surface area contributed by atoms with Gasteiger partial charge in [0.2, 0.25) is 0 Å². The van der Waals surface area contributed by atoms with E-state index in [1.807, 2.05) is 12.1 Å². The third-order valence-electron chi connectivity index (χ3n) is 12.6. The van der Waals surface area contributed by atoms with E-state index in [0.717, 1.165) is 99.7 Å². The minimum absolute atomic E-state index is 0.880. The zero-order valence-corrected chi connectivity index (χ0v) is 33.5. The van der Waals surface area contributed by atoms with Crippen LogP contribution >= 0.6 is 0 Å². The number of nitrogens with zero attached hydrogens (tertiary/aromatic N) is 2. The van der Waals surface area contributed by atoms with Gasteiger partial charge in [0.05, 0.1) is 16.7 Å². The highest BCUT2D eigenvalue weighted by atomic mass is 16.3. The summed E-state index contributed by atoms with van der Waals surface area (Å²) in [7, 11) is 0. The highest BCUT2D eigenvalue weighted by molar-refractivity contribution is 6.18. The topological polar surface area (TPSA) is 34.5 Å². The maximum atomic E-state index is 6.91. The van der Waals surface area contributed by atoms with E-state index in [0.29, 0.717) is 0 Å². The lowest BCUT2D eigenvalue weighted by atomic mass is 9.98. The number of anilines is 3. The second kappa shape index (κ2) is 13.6. The predicted molar refractivity (Wildman–Crippen MR) is 258 cm³/mol. The minimum atomic E-state index is 0.880. The molecule has 3 aromatic heterocycles. The summed E-state index contributed by atoms with van der Waals surface area (Å²) in [6, 6.07) is 78.0. The molecule has 0 unspecified atom stereocenters. The summed E-state index contributed by atoms with van der Waals surface area (Å²) in [6.07, 6.45) is 0. The van der Waals surface area contributed by atoms with Crippen molar-refractivity contribution in [3.63, 3.8) is 0 Å². The number of benzene rings is 10. The standard InChI is InChI=1S/C58H36N2O2/c1-2-13-43-38(12-1)26-34-50-49-19-11-18-48(58(49)62-57(43)50)46-16-5-7-20-52(46)59(40-28-24-37(25-29-40)39-27-35-56-51(36-39)47-17-6-10-23-55(47)61-56)41-30-32-42(33-31-41)60-53-21-8-3-14-44(53)45-15-4-9-22-54(45)60/h1-36H. The van der Waals surface area contributed by atoms with Crippen LogP contribution in [-0.4, -0.2) is 4.57 Å². The smallest absolute Gasteiger partial charge is 0.143 e. The first-order valence-corrected chi connectivity index (χ1v) is 21.1. The van der Waals surface area contributed by atoms with Gasteiger partial charge in [-0.05, 0) is 95.4 Å². The summed E-state index contributed by atoms with van der Waals surface area (Å²) in [5.41, 5.74) is 14.6. The van der Waals surface area contributed by atoms with E-state index in [9.17, 15) is 0 Å². The fourth-order valence-corrected chi connectivity index (χ4v) is 9.72. The maximum Gasteiger partial charge on any atom is 0.143 e. The molecule has 0 saturated heterocycles. The van der Waals surface area contributed by atoms with Crippen molar-refractivity contribution in [1.82, 2.24) is 4.57 Å². The number of hydrogen-bond acceptors (Lipinski definition) is 3. The molecule has 290 valence electrons. The molecule has 0 fully saturated rings. The van der Waals surface area contributed by atoms with Crippen LogP contribution in [0.15, 0.2) is 227 Å². The van der Waals surface area contributed by atoms with Crippen molar-refractivity contribution < 1.29 is 8.83 Å². The maximum absolute atomic E-state index is 6.91. The molecule has 13 rings (SSSR count). The first kappa shape index (κ1) is 34.5. The van der Waals surface area contributed by atoms with Gasteiger partial charge in [-0.25, -0.2) is 0 Å². The Kier molecular flexibility index (Phi) is 7.57. The van der Waals surface area contributed by atoms with Gasteiger partial charge in [-0.1, -0.05) is 140 Å². The van der Waals surface area contributed by atoms with Crippen LogP contribution < -0.4 is 4.90 Å². The molecule has 0 aliphatic carbocycles. The molecule has 0 N–H and O–H groups in total. The van der Waals surface area contributed by atoms with E-state index in [2.05, 4.69) is 216 Å². The summed E-state index contributed by atoms with van der Waals surface area (Å²) in [4.78, 5) is 2.37. The van der Waals surface area contributed by atoms with Gasteiger partial charge >= 0.3 is 0 Å². The number of aromatic nitrogens is 1. The van der Waals surface area contributed by atoms with E-state index in [-0.39, 0.29) is 0 Å². The first-order valence-electron chi connectivity index (χ1n) is 21.1. The molecule has 62 heavy (non-hydrogen) atoms. The molecular weight excluding hydrogens is 757 g/mol. The first-order chi connectivity index (χ1) is 30.7. The van der Waals surface area contributed by atoms with Crippen LogP contribution in [-0.2, 0) is 0 Å². The zero-order valence-electron chi connectivity index (χ0n) is 33.5. The predicted octanol–water partition coefficient (Wildman–Crippen LogP) is 16.5. The van der Waals surface area contributed by atoms with Crippen molar-refractivity contribution in [3.05, 3.63) is 218 Å². The Hall–Kier alpha value is -8.34. The third kappa shape index (κ3) is 5.27. The molecular formula is C58H36N2O2. The molecule has 4 heteroatoms. The van der Waals surface area contributed by atoms with Crippen LogP contribution in [0.25, 0.3) is 104 Å². The largest absolute Gasteiger partial charge is 0.456 e. The van der Waals surface area contributed by atoms with Crippen LogP contribution in [0.5, 0.6) is 0 Å². The monoisotopic (exact) mass is 792 g/mol. The highest BCUT2D eigenvalue weighted by Crippen LogP contribution is 2.46. The summed E-state index contributed by atoms with van der Waals surface area (Å²) in [5.74, 6) is 0. The fraction of sp³-hybridized carbons (Fsp3) is 0. The lowest BCUT2D eigenvalue weighted by Crippen LogP contribution is -2.11. The van der Waals surface area contributed by atoms with Crippen molar-refractivity contribution in [1.29, 1.82) is 0 Å². The Labute approximate surface area is 356 Å². The van der Waals surface area contributed by atoms with Gasteiger partial charge in [-0.2, -0.15) is 0 Å². The van der Waals surface area contributed by atoms with Gasteiger partial charge < -0.3 is 18.3 Å². The van der Waals surface area contributed by atoms with Crippen molar-refractivity contribution in [2.45, 2.75) is 0 Å². The Morgan fingerprint density at radius 3 is 1.71 bits per heavy atom. The Morgan fingerprint density at radius 1 is 0.339 bits per heavy atom. The summed E-state index contributed by atoms with van der Waals surface area (Å²) < 4.78 is 15.4. The number of para-hydroxylation sites is 5. The van der Waals surface area contributed by atoms with E-state index < -0.39 is 0 Å². The van der Waals surface area contributed by atoms with Crippen LogP contribution in [0.1, 0.15) is 0 Å². The molecule has 0 bridgehead atoms. The summed E-state index contributed by atoms with van der Waals surface area (Å²) >= 11 is 0. The third-order valence-corrected chi connectivity index (χ3v) is 12.6. The van der Waals surface area contributed by atoms with Gasteiger partial charge in [-0.15, -0.1) is 0 Å². The van der Waals surface area contributed by atoms with E-state index >= 15 is 0 Å². The summed E-state index contributed by atoms with van der Waals surface area (Å²) in [5, 5.41) is 9.24. The molecule has 4 nitrogen and oxygen atoms in total. The second-order valence-electron chi connectivity index (χ2n) is 16.0. The minimum Gasteiger partial charge on any atom is -0.456 e. The molecule has 0 radical (unpaired) electrons. The fourth-order valence-electron chi connectivity index (χ4n) is 9.72. The number of hydrogen-bond donors (Lipinski definition) is 0. The Morgan fingerprint density at radius 2 is 0.919 bits per heavy atom. The Bertz CT molecular complexity index is 3810. The lowest BCUT2D eigenvalue weighted by Gasteiger charge is -2.28. The van der Waals surface area contributed by atoms with Crippen LogP contribution in [0.2, 0.25) is 0 Å². The lowest BCUT2D eigenvalue weighted by molar-refractivity contribution is 0.669. The quantitative estimate of drug-likeness (QED) is 0.168. The number of rotatable bonds is 6.